The zero-order chi connectivity index (χ0) is 17.1. The quantitative estimate of drug-likeness (QED) is 0.527. The van der Waals surface area contributed by atoms with Gasteiger partial charge in [-0.1, -0.05) is 6.07 Å². The molecule has 1 amide bonds. The highest BCUT2D eigenvalue weighted by Gasteiger charge is 2.29. The van der Waals surface area contributed by atoms with E-state index in [1.165, 1.54) is 0 Å². The maximum atomic E-state index is 12.0. The van der Waals surface area contributed by atoms with E-state index in [2.05, 4.69) is 20.2 Å². The number of nitrogen functional groups attached to an aromatic ring is 1. The molecule has 1 aliphatic rings. The van der Waals surface area contributed by atoms with Crippen molar-refractivity contribution < 1.29 is 4.79 Å². The van der Waals surface area contributed by atoms with E-state index >= 15 is 0 Å². The summed E-state index contributed by atoms with van der Waals surface area (Å²) in [5.74, 6) is 0.0477. The Bertz CT molecular complexity index is 1150. The first kappa shape index (κ1) is 14.0. The number of carbonyl (C=O) groups is 1. The molecule has 0 aliphatic heterocycles. The normalized spacial score (nSPS) is 14.4. The number of benzene rings is 1. The third-order valence-corrected chi connectivity index (χ3v) is 4.66. The summed E-state index contributed by atoms with van der Waals surface area (Å²) in [5.41, 5.74) is 15.6. The number of amides is 1. The molecular weight excluding hydrogens is 318 g/mol. The van der Waals surface area contributed by atoms with Gasteiger partial charge < -0.3 is 11.5 Å². The molecule has 1 fully saturated rings. The van der Waals surface area contributed by atoms with Crippen LogP contribution < -0.4 is 11.5 Å². The van der Waals surface area contributed by atoms with E-state index in [4.69, 9.17) is 11.5 Å². The Morgan fingerprint density at radius 3 is 2.88 bits per heavy atom. The second-order valence-corrected chi connectivity index (χ2v) is 6.31. The number of rotatable bonds is 3. The molecule has 0 radical (unpaired) electrons. The molecule has 5 N–H and O–H groups in total. The van der Waals surface area contributed by atoms with Crippen LogP contribution >= 0.6 is 0 Å². The minimum Gasteiger partial charge on any atom is -0.384 e. The van der Waals surface area contributed by atoms with E-state index in [-0.39, 0.29) is 11.4 Å². The van der Waals surface area contributed by atoms with Gasteiger partial charge in [-0.2, -0.15) is 5.10 Å². The highest BCUT2D eigenvalue weighted by molar-refractivity contribution is 6.10. The lowest BCUT2D eigenvalue weighted by molar-refractivity contribution is 0.100. The zero-order valence-corrected chi connectivity index (χ0v) is 13.2. The number of aromatic nitrogens is 5. The number of hydrogen-bond donors (Lipinski definition) is 3. The van der Waals surface area contributed by atoms with Crippen molar-refractivity contribution in [3.8, 4) is 5.69 Å². The van der Waals surface area contributed by atoms with Crippen LogP contribution in [0.15, 0.2) is 30.6 Å². The molecule has 124 valence electrons. The zero-order valence-electron chi connectivity index (χ0n) is 13.2. The van der Waals surface area contributed by atoms with Crippen molar-refractivity contribution in [3.63, 3.8) is 0 Å². The number of hydrogen-bond acceptors (Lipinski definition) is 5. The summed E-state index contributed by atoms with van der Waals surface area (Å²) in [4.78, 5) is 21.2. The highest BCUT2D eigenvalue weighted by Crippen LogP contribution is 2.40. The molecule has 0 spiro atoms. The van der Waals surface area contributed by atoms with E-state index in [0.717, 1.165) is 35.1 Å². The fourth-order valence-corrected chi connectivity index (χ4v) is 3.29. The first-order valence-electron chi connectivity index (χ1n) is 8.04. The number of nitrogens with one attached hydrogen (secondary N) is 1. The topological polar surface area (TPSA) is 128 Å². The SMILES string of the molecule is NC(=O)c1c(N)n(-c2cccc3[nH]ncc23)c2ncc(C3CC3)nc12. The molecule has 4 aromatic rings. The average molecular weight is 333 g/mol. The van der Waals surface area contributed by atoms with E-state index in [0.29, 0.717) is 17.1 Å². The van der Waals surface area contributed by atoms with Gasteiger partial charge >= 0.3 is 0 Å². The second-order valence-electron chi connectivity index (χ2n) is 6.31. The summed E-state index contributed by atoms with van der Waals surface area (Å²) in [5, 5.41) is 7.88. The van der Waals surface area contributed by atoms with Gasteiger partial charge in [-0.05, 0) is 25.0 Å². The molecule has 0 bridgehead atoms. The molecule has 1 aromatic carbocycles. The molecule has 3 aromatic heterocycles. The van der Waals surface area contributed by atoms with Gasteiger partial charge in [0.25, 0.3) is 5.91 Å². The lowest BCUT2D eigenvalue weighted by Gasteiger charge is -2.08. The third-order valence-electron chi connectivity index (χ3n) is 4.66. The molecular formula is C17H15N7O. The van der Waals surface area contributed by atoms with E-state index in [1.54, 1.807) is 17.0 Å². The van der Waals surface area contributed by atoms with Crippen LogP contribution in [0, 0.1) is 0 Å². The van der Waals surface area contributed by atoms with Gasteiger partial charge in [-0.3, -0.25) is 14.5 Å². The van der Waals surface area contributed by atoms with Crippen molar-refractivity contribution in [1.82, 2.24) is 24.7 Å². The second kappa shape index (κ2) is 4.79. The number of nitrogens with zero attached hydrogens (tertiary/aromatic N) is 4. The number of aromatic amines is 1. The summed E-state index contributed by atoms with van der Waals surface area (Å²) in [6.45, 7) is 0. The maximum Gasteiger partial charge on any atom is 0.254 e. The van der Waals surface area contributed by atoms with Crippen LogP contribution in [-0.4, -0.2) is 30.6 Å². The van der Waals surface area contributed by atoms with E-state index in [1.807, 2.05) is 18.2 Å². The Labute approximate surface area is 141 Å². The van der Waals surface area contributed by atoms with Gasteiger partial charge in [0.15, 0.2) is 5.65 Å². The number of carbonyl (C=O) groups excluding carboxylic acids is 1. The van der Waals surface area contributed by atoms with Crippen LogP contribution in [0.3, 0.4) is 0 Å². The molecule has 3 heterocycles. The summed E-state index contributed by atoms with van der Waals surface area (Å²) in [6.07, 6.45) is 5.66. The molecule has 5 rings (SSSR count). The third kappa shape index (κ3) is 1.94. The van der Waals surface area contributed by atoms with Crippen LogP contribution in [0.2, 0.25) is 0 Å². The standard InChI is InChI=1S/C17H15N7O/c18-15-13(16(19)25)14-17(20-7-11(22-14)8-4-5-8)24(15)12-3-1-2-10-9(12)6-21-23-10/h1-3,6-8H,4-5,18H2,(H2,19,25)(H,21,23). The van der Waals surface area contributed by atoms with Gasteiger partial charge in [0.2, 0.25) is 0 Å². The van der Waals surface area contributed by atoms with Gasteiger partial charge in [0, 0.05) is 11.3 Å². The van der Waals surface area contributed by atoms with E-state index in [9.17, 15) is 4.79 Å². The summed E-state index contributed by atoms with van der Waals surface area (Å²) < 4.78 is 1.72. The summed E-state index contributed by atoms with van der Waals surface area (Å²) in [7, 11) is 0. The van der Waals surface area contributed by atoms with Gasteiger partial charge in [0.1, 0.15) is 16.9 Å². The molecule has 0 atom stereocenters. The monoisotopic (exact) mass is 333 g/mol. The Morgan fingerprint density at radius 2 is 2.12 bits per heavy atom. The Balaban J connectivity index is 1.88. The van der Waals surface area contributed by atoms with E-state index < -0.39 is 5.91 Å². The number of primary amides is 1. The fraction of sp³-hybridized carbons (Fsp3) is 0.176. The average Bonchev–Trinajstić information content (AvgIpc) is 3.25. The Morgan fingerprint density at radius 1 is 1.28 bits per heavy atom. The summed E-state index contributed by atoms with van der Waals surface area (Å²) in [6, 6.07) is 5.70. The smallest absolute Gasteiger partial charge is 0.254 e. The van der Waals surface area contributed by atoms with Crippen LogP contribution in [0.4, 0.5) is 5.82 Å². The molecule has 1 saturated carbocycles. The fourth-order valence-electron chi connectivity index (χ4n) is 3.29. The minimum atomic E-state index is -0.608. The van der Waals surface area contributed by atoms with Gasteiger partial charge in [-0.15, -0.1) is 0 Å². The number of fused-ring (bicyclic) bond motifs is 2. The molecule has 25 heavy (non-hydrogen) atoms. The van der Waals surface area contributed by atoms with Crippen molar-refractivity contribution in [3.05, 3.63) is 41.9 Å². The number of nitrogens with two attached hydrogens (primary N) is 2. The van der Waals surface area contributed by atoms with Crippen LogP contribution in [-0.2, 0) is 0 Å². The van der Waals surface area contributed by atoms with Crippen molar-refractivity contribution in [2.75, 3.05) is 5.73 Å². The maximum absolute atomic E-state index is 12.0. The minimum absolute atomic E-state index is 0.213. The lowest BCUT2D eigenvalue weighted by Crippen LogP contribution is -2.14. The molecule has 1 aliphatic carbocycles. The van der Waals surface area contributed by atoms with Crippen molar-refractivity contribution in [2.45, 2.75) is 18.8 Å². The molecule has 0 unspecified atom stereocenters. The van der Waals surface area contributed by atoms with Gasteiger partial charge in [0.05, 0.1) is 29.3 Å². The van der Waals surface area contributed by atoms with Crippen molar-refractivity contribution in [2.24, 2.45) is 5.73 Å². The Hall–Kier alpha value is -3.42. The largest absolute Gasteiger partial charge is 0.384 e. The van der Waals surface area contributed by atoms with Crippen LogP contribution in [0.1, 0.15) is 34.8 Å². The van der Waals surface area contributed by atoms with Crippen molar-refractivity contribution >= 4 is 33.8 Å². The number of H-pyrrole nitrogens is 1. The molecule has 8 nitrogen and oxygen atoms in total. The van der Waals surface area contributed by atoms with Crippen LogP contribution in [0.5, 0.6) is 0 Å². The number of anilines is 1. The van der Waals surface area contributed by atoms with Crippen molar-refractivity contribution in [1.29, 1.82) is 0 Å². The lowest BCUT2D eigenvalue weighted by atomic mass is 10.2. The van der Waals surface area contributed by atoms with Gasteiger partial charge in [-0.25, -0.2) is 9.97 Å². The summed E-state index contributed by atoms with van der Waals surface area (Å²) >= 11 is 0. The first-order valence-corrected chi connectivity index (χ1v) is 8.04. The predicted octanol–water partition coefficient (Wildman–Crippen LogP) is 1.86. The molecule has 8 heteroatoms. The molecule has 0 saturated heterocycles. The first-order chi connectivity index (χ1) is 12.1. The predicted molar refractivity (Wildman–Crippen MR) is 93.4 cm³/mol. The van der Waals surface area contributed by atoms with Crippen LogP contribution in [0.25, 0.3) is 27.8 Å². The highest BCUT2D eigenvalue weighted by atomic mass is 16.1. The Kier molecular flexibility index (Phi) is 2.68.